The fourth-order valence-corrected chi connectivity index (χ4v) is 7.70. The molecule has 72 heavy (non-hydrogen) atoms. The van der Waals surface area contributed by atoms with Crippen LogP contribution in [0.2, 0.25) is 0 Å². The van der Waals surface area contributed by atoms with Gasteiger partial charge in [0, 0.05) is 17.3 Å². The number of allylic oxidation sites excluding steroid dienone is 3. The Bertz CT molecular complexity index is 1740. The van der Waals surface area contributed by atoms with E-state index in [4.69, 9.17) is 42.9 Å². The molecule has 0 unspecified atom stereocenters. The van der Waals surface area contributed by atoms with Gasteiger partial charge >= 0.3 is 0 Å². The Morgan fingerprint density at radius 3 is 0.778 bits per heavy atom. The molecule has 0 aromatic heterocycles. The summed E-state index contributed by atoms with van der Waals surface area (Å²) in [7, 11) is 4.66. The topological polar surface area (TPSA) is 120 Å². The molecule has 0 aliphatic carbocycles. The minimum Gasteiger partial charge on any atom is -0.490 e. The maximum Gasteiger partial charge on any atom is 0.134 e. The third-order valence-corrected chi connectivity index (χ3v) is 11.3. The summed E-state index contributed by atoms with van der Waals surface area (Å²) in [5.74, 6) is 9.49. The summed E-state index contributed by atoms with van der Waals surface area (Å²) in [6.07, 6.45) is 11.9. The van der Waals surface area contributed by atoms with Gasteiger partial charge in [0.05, 0.1) is 17.1 Å². The first-order valence-corrected chi connectivity index (χ1v) is 28.1. The van der Waals surface area contributed by atoms with Crippen molar-refractivity contribution in [2.45, 2.75) is 125 Å². The molecule has 0 atom stereocenters. The van der Waals surface area contributed by atoms with Crippen LogP contribution in [0, 0.1) is 41.5 Å². The Labute approximate surface area is 450 Å². The van der Waals surface area contributed by atoms with Gasteiger partial charge in [-0.1, -0.05) is 93.5 Å². The number of ether oxygens (including phenoxy) is 6. The number of nitrogens with zero attached hydrogens (tertiary/aromatic N) is 3. The lowest BCUT2D eigenvalue weighted by molar-refractivity contribution is 0.213. The lowest BCUT2D eigenvalue weighted by Gasteiger charge is -2.14. The lowest BCUT2D eigenvalue weighted by atomic mass is 10.1. The van der Waals surface area contributed by atoms with Crippen LogP contribution in [0.15, 0.2) is 88.3 Å². The average Bonchev–Trinajstić information content (AvgIpc) is 3.35. The third-order valence-electron chi connectivity index (χ3n) is 8.58. The van der Waals surface area contributed by atoms with Crippen LogP contribution in [-0.2, 0) is 14.5 Å². The maximum absolute atomic E-state index is 5.87. The van der Waals surface area contributed by atoms with Gasteiger partial charge in [0.25, 0.3) is 0 Å². The molecule has 0 bridgehead atoms. The van der Waals surface area contributed by atoms with Crippen LogP contribution in [0.25, 0.3) is 0 Å². The molecule has 0 heterocycles. The number of aryl methyl sites for hydroxylation is 6. The van der Waals surface area contributed by atoms with Crippen LogP contribution < -0.4 is 28.4 Å². The molecule has 0 saturated carbocycles. The highest BCUT2D eigenvalue weighted by molar-refractivity contribution is 8.00. The fourth-order valence-electron chi connectivity index (χ4n) is 5.80. The van der Waals surface area contributed by atoms with E-state index in [1.807, 2.05) is 197 Å². The minimum absolute atomic E-state index is 0.580. The van der Waals surface area contributed by atoms with E-state index < -0.39 is 0 Å². The van der Waals surface area contributed by atoms with Gasteiger partial charge in [0.15, 0.2) is 0 Å². The van der Waals surface area contributed by atoms with E-state index in [1.54, 1.807) is 56.6 Å². The normalized spacial score (nSPS) is 11.0. The fraction of sp³-hybridized carbons (Fsp3) is 0.526. The Kier molecular flexibility index (Phi) is 48.0. The van der Waals surface area contributed by atoms with Gasteiger partial charge < -0.3 is 42.9 Å². The lowest BCUT2D eigenvalue weighted by Crippen LogP contribution is -2.03. The SMILES string of the molecule is C/C=C/COc1cc(C)c(OCSC/C(C)=N\OC)c(C)c1.C/C=C/COc1cc(C)c(OCSC/C(C)=N\OC)c(C)c1.C/C=C/COc1cc(C)c(OCSC/C(C)=N\OC)c(C)c1.CC.CC.CC. The zero-order chi connectivity index (χ0) is 55.1. The van der Waals surface area contributed by atoms with E-state index in [1.165, 1.54) is 0 Å². The van der Waals surface area contributed by atoms with Crippen molar-refractivity contribution in [1.82, 2.24) is 0 Å². The molecule has 3 aromatic carbocycles. The minimum atomic E-state index is 0.580. The van der Waals surface area contributed by atoms with Gasteiger partial charge in [-0.05, 0) is 153 Å². The molecule has 0 amide bonds. The van der Waals surface area contributed by atoms with Gasteiger partial charge in [-0.2, -0.15) is 0 Å². The van der Waals surface area contributed by atoms with Crippen molar-refractivity contribution >= 4 is 52.4 Å². The summed E-state index contributed by atoms with van der Waals surface area (Å²) in [4.78, 5) is 14.2. The predicted molar refractivity (Wildman–Crippen MR) is 317 cm³/mol. The molecule has 0 N–H and O–H groups in total. The monoisotopic (exact) mass is 1060 g/mol. The van der Waals surface area contributed by atoms with Gasteiger partial charge in [-0.3, -0.25) is 0 Å². The zero-order valence-electron chi connectivity index (χ0n) is 48.0. The number of oxime groups is 3. The van der Waals surface area contributed by atoms with Gasteiger partial charge in [0.1, 0.15) is 93.5 Å². The molecule has 3 rings (SSSR count). The maximum atomic E-state index is 5.87. The largest absolute Gasteiger partial charge is 0.490 e. The van der Waals surface area contributed by atoms with Gasteiger partial charge in [-0.25, -0.2) is 0 Å². The summed E-state index contributed by atoms with van der Waals surface area (Å²) in [5, 5.41) is 11.6. The molecule has 0 spiro atoms. The molecule has 0 fully saturated rings. The standard InChI is InChI=1S/3C17H25NO3S.3C2H6/c3*1-6-7-8-20-16-9-13(2)17(14(3)10-16)21-12-22-11-15(4)18-19-5;3*1-2/h3*6-7,9-10H,8,11-12H2,1-5H3;3*1-2H3/b3*7-6+,18-15-;;;. The number of rotatable bonds is 27. The van der Waals surface area contributed by atoms with Crippen molar-refractivity contribution in [2.75, 3.05) is 76.2 Å². The molecular weight excluding hydrogens is 967 g/mol. The van der Waals surface area contributed by atoms with Gasteiger partial charge in [0.2, 0.25) is 0 Å². The van der Waals surface area contributed by atoms with Crippen molar-refractivity contribution < 1.29 is 42.9 Å². The molecular formula is C57H93N3O9S3. The van der Waals surface area contributed by atoms with Crippen LogP contribution in [0.5, 0.6) is 34.5 Å². The van der Waals surface area contributed by atoms with Crippen LogP contribution in [0.1, 0.15) is 116 Å². The van der Waals surface area contributed by atoms with E-state index >= 15 is 0 Å². The summed E-state index contributed by atoms with van der Waals surface area (Å²) in [6.45, 7) is 37.7. The Morgan fingerprint density at radius 2 is 0.597 bits per heavy atom. The Morgan fingerprint density at radius 1 is 0.389 bits per heavy atom. The third kappa shape index (κ3) is 34.5. The van der Waals surface area contributed by atoms with Crippen molar-refractivity contribution in [3.05, 3.63) is 106 Å². The van der Waals surface area contributed by atoms with Crippen molar-refractivity contribution in [3.8, 4) is 34.5 Å². The summed E-state index contributed by atoms with van der Waals surface area (Å²) >= 11 is 4.98. The van der Waals surface area contributed by atoms with Crippen molar-refractivity contribution in [3.63, 3.8) is 0 Å². The first kappa shape index (κ1) is 71.4. The highest BCUT2D eigenvalue weighted by atomic mass is 32.2. The summed E-state index contributed by atoms with van der Waals surface area (Å²) in [6, 6.07) is 12.0. The number of benzene rings is 3. The van der Waals surface area contributed by atoms with E-state index in [0.29, 0.717) is 37.6 Å². The number of hydrogen-bond acceptors (Lipinski definition) is 15. The van der Waals surface area contributed by atoms with E-state index in [2.05, 4.69) is 15.5 Å². The van der Waals surface area contributed by atoms with E-state index in [-0.39, 0.29) is 0 Å². The highest BCUT2D eigenvalue weighted by Crippen LogP contribution is 2.31. The van der Waals surface area contributed by atoms with Crippen molar-refractivity contribution in [1.29, 1.82) is 0 Å². The first-order chi connectivity index (χ1) is 34.7. The van der Waals surface area contributed by atoms with Crippen LogP contribution in [0.3, 0.4) is 0 Å². The second-order valence-corrected chi connectivity index (χ2v) is 17.5. The Hall–Kier alpha value is -4.86. The molecule has 3 aromatic rings. The molecule has 0 aliphatic rings. The van der Waals surface area contributed by atoms with E-state index in [9.17, 15) is 0 Å². The van der Waals surface area contributed by atoms with Crippen LogP contribution in [0.4, 0.5) is 0 Å². The predicted octanol–water partition coefficient (Wildman–Crippen LogP) is 16.1. The second-order valence-electron chi connectivity index (χ2n) is 14.7. The van der Waals surface area contributed by atoms with Crippen LogP contribution in [-0.4, -0.2) is 93.4 Å². The Balaban J connectivity index is -0.000000940. The van der Waals surface area contributed by atoms with Crippen molar-refractivity contribution in [2.24, 2.45) is 15.5 Å². The second kappa shape index (κ2) is 48.4. The molecule has 408 valence electrons. The smallest absolute Gasteiger partial charge is 0.134 e. The molecule has 15 heteroatoms. The van der Waals surface area contributed by atoms with E-state index in [0.717, 1.165) is 102 Å². The molecule has 0 radical (unpaired) electrons. The summed E-state index contributed by atoms with van der Waals surface area (Å²) < 4.78 is 34.6. The molecule has 0 saturated heterocycles. The number of hydrogen-bond donors (Lipinski definition) is 0. The average molecular weight is 1060 g/mol. The van der Waals surface area contributed by atoms with Crippen LogP contribution >= 0.6 is 35.3 Å². The molecule has 12 nitrogen and oxygen atoms in total. The highest BCUT2D eigenvalue weighted by Gasteiger charge is 2.10. The first-order valence-electron chi connectivity index (χ1n) is 24.6. The van der Waals surface area contributed by atoms with Gasteiger partial charge in [-0.15, -0.1) is 35.3 Å². The molecule has 0 aliphatic heterocycles. The zero-order valence-corrected chi connectivity index (χ0v) is 50.5. The quantitative estimate of drug-likeness (QED) is 0.0238. The number of thioether (sulfide) groups is 3. The summed E-state index contributed by atoms with van der Waals surface area (Å²) in [5.41, 5.74) is 9.32.